The lowest BCUT2D eigenvalue weighted by atomic mass is 9.74. The summed E-state index contributed by atoms with van der Waals surface area (Å²) in [5.74, 6) is 3.53. The van der Waals surface area contributed by atoms with Crippen LogP contribution in [-0.4, -0.2) is 27.2 Å². The summed E-state index contributed by atoms with van der Waals surface area (Å²) < 4.78 is 22.0. The smallest absolute Gasteiger partial charge is 0.231 e. The van der Waals surface area contributed by atoms with Gasteiger partial charge in [-0.2, -0.15) is 0 Å². The number of nitrogens with zero attached hydrogens (tertiary/aromatic N) is 1. The van der Waals surface area contributed by atoms with Gasteiger partial charge in [0.05, 0.1) is 20.3 Å². The molecule has 0 saturated heterocycles. The molecule has 0 aromatic heterocycles. The first-order valence-electron chi connectivity index (χ1n) is 8.50. The van der Waals surface area contributed by atoms with Gasteiger partial charge in [0.25, 0.3) is 0 Å². The molecular weight excluding hydrogens is 318 g/mol. The van der Waals surface area contributed by atoms with E-state index >= 15 is 0 Å². The normalized spacial score (nSPS) is 22.0. The third kappa shape index (κ3) is 2.11. The molecule has 2 atom stereocenters. The molecule has 0 unspecified atom stereocenters. The number of ether oxygens (including phenoxy) is 4. The molecule has 2 heterocycles. The van der Waals surface area contributed by atoms with E-state index in [9.17, 15) is 0 Å². The molecule has 2 aliphatic heterocycles. The zero-order valence-electron chi connectivity index (χ0n) is 14.2. The number of rotatable bonds is 2. The predicted molar refractivity (Wildman–Crippen MR) is 93.5 cm³/mol. The first-order chi connectivity index (χ1) is 12.3. The molecular formula is C20H19NO4. The monoisotopic (exact) mass is 337 g/mol. The van der Waals surface area contributed by atoms with Gasteiger partial charge in [-0.25, -0.2) is 0 Å². The van der Waals surface area contributed by atoms with Gasteiger partial charge >= 0.3 is 0 Å². The molecule has 0 bridgehead atoms. The molecule has 3 aliphatic rings. The molecule has 0 fully saturated rings. The summed E-state index contributed by atoms with van der Waals surface area (Å²) in [7, 11) is 3.34. The third-order valence-corrected chi connectivity index (χ3v) is 5.42. The standard InChI is InChI=1S/C20H19NO4/c1-22-16-6-12-9-21-20-13(14(12)7-17(16)23-2)4-3-11-5-18-19(8-15(11)20)25-10-24-18/h5-9,13,20H,3-4,10H2,1-2H3/t13-,20+/m1/s1. The number of aryl methyl sites for hydroxylation is 1. The van der Waals surface area contributed by atoms with Crippen LogP contribution in [0.5, 0.6) is 23.0 Å². The van der Waals surface area contributed by atoms with E-state index in [0.29, 0.717) is 12.7 Å². The van der Waals surface area contributed by atoms with E-state index in [0.717, 1.165) is 41.4 Å². The van der Waals surface area contributed by atoms with E-state index in [2.05, 4.69) is 18.2 Å². The van der Waals surface area contributed by atoms with Crippen LogP contribution in [0.4, 0.5) is 0 Å². The minimum absolute atomic E-state index is 0.115. The van der Waals surface area contributed by atoms with E-state index in [1.807, 2.05) is 12.3 Å². The Morgan fingerprint density at radius 1 is 0.960 bits per heavy atom. The Morgan fingerprint density at radius 3 is 2.52 bits per heavy atom. The summed E-state index contributed by atoms with van der Waals surface area (Å²) in [4.78, 5) is 4.87. The van der Waals surface area contributed by atoms with Gasteiger partial charge in [0.1, 0.15) is 0 Å². The van der Waals surface area contributed by atoms with Gasteiger partial charge in [0, 0.05) is 12.1 Å². The number of hydrogen-bond donors (Lipinski definition) is 0. The Bertz CT molecular complexity index is 890. The lowest BCUT2D eigenvalue weighted by Gasteiger charge is -2.35. The molecule has 5 nitrogen and oxygen atoms in total. The molecule has 25 heavy (non-hydrogen) atoms. The van der Waals surface area contributed by atoms with E-state index in [1.165, 1.54) is 16.7 Å². The summed E-state index contributed by atoms with van der Waals surface area (Å²) in [5, 5.41) is 0. The zero-order valence-corrected chi connectivity index (χ0v) is 14.2. The van der Waals surface area contributed by atoms with E-state index < -0.39 is 0 Å². The van der Waals surface area contributed by atoms with Gasteiger partial charge < -0.3 is 18.9 Å². The largest absolute Gasteiger partial charge is 0.493 e. The number of aliphatic imine (C=N–C) groups is 1. The average Bonchev–Trinajstić information content (AvgIpc) is 3.11. The molecule has 0 spiro atoms. The Balaban J connectivity index is 1.61. The summed E-state index contributed by atoms with van der Waals surface area (Å²) in [6, 6.07) is 8.47. The van der Waals surface area contributed by atoms with Crippen LogP contribution >= 0.6 is 0 Å². The maximum atomic E-state index is 5.57. The van der Waals surface area contributed by atoms with Crippen molar-refractivity contribution in [3.8, 4) is 23.0 Å². The average molecular weight is 337 g/mol. The van der Waals surface area contributed by atoms with Crippen LogP contribution in [0.1, 0.15) is 40.6 Å². The maximum Gasteiger partial charge on any atom is 0.231 e. The summed E-state index contributed by atoms with van der Waals surface area (Å²) in [6.07, 6.45) is 4.02. The molecule has 128 valence electrons. The number of fused-ring (bicyclic) bond motifs is 6. The zero-order chi connectivity index (χ0) is 17.0. The lowest BCUT2D eigenvalue weighted by molar-refractivity contribution is 0.174. The maximum absolute atomic E-state index is 5.57. The summed E-state index contributed by atoms with van der Waals surface area (Å²) in [6.45, 7) is 0.301. The fourth-order valence-corrected chi connectivity index (χ4v) is 4.19. The Hall–Kier alpha value is -2.69. The highest BCUT2D eigenvalue weighted by Gasteiger charge is 2.36. The van der Waals surface area contributed by atoms with Crippen LogP contribution in [0.2, 0.25) is 0 Å². The Labute approximate surface area is 146 Å². The SMILES string of the molecule is COc1cc2c(cc1OC)[C@H]1CCc3cc4c(cc3[C@H]1N=C2)OCO4. The van der Waals surface area contributed by atoms with Crippen LogP contribution < -0.4 is 18.9 Å². The molecule has 2 aromatic rings. The number of methoxy groups -OCH3 is 2. The quantitative estimate of drug-likeness (QED) is 0.839. The van der Waals surface area contributed by atoms with Crippen LogP contribution in [0.15, 0.2) is 29.3 Å². The van der Waals surface area contributed by atoms with Crippen molar-refractivity contribution in [1.29, 1.82) is 0 Å². The van der Waals surface area contributed by atoms with Gasteiger partial charge in [0.2, 0.25) is 6.79 Å². The van der Waals surface area contributed by atoms with Crippen molar-refractivity contribution in [2.75, 3.05) is 21.0 Å². The minimum atomic E-state index is 0.115. The van der Waals surface area contributed by atoms with Crippen LogP contribution in [-0.2, 0) is 6.42 Å². The van der Waals surface area contributed by atoms with Crippen molar-refractivity contribution in [2.45, 2.75) is 24.8 Å². The highest BCUT2D eigenvalue weighted by molar-refractivity contribution is 5.85. The number of benzene rings is 2. The lowest BCUT2D eigenvalue weighted by Crippen LogP contribution is -2.22. The Kier molecular flexibility index (Phi) is 3.17. The van der Waals surface area contributed by atoms with Crippen molar-refractivity contribution in [3.05, 3.63) is 46.5 Å². The second-order valence-electron chi connectivity index (χ2n) is 6.61. The molecule has 5 rings (SSSR count). The molecule has 0 amide bonds. The predicted octanol–water partition coefficient (Wildman–Crippen LogP) is 3.64. The van der Waals surface area contributed by atoms with Crippen LogP contribution in [0.3, 0.4) is 0 Å². The topological polar surface area (TPSA) is 49.3 Å². The van der Waals surface area contributed by atoms with Gasteiger partial charge in [-0.3, -0.25) is 4.99 Å². The van der Waals surface area contributed by atoms with Crippen molar-refractivity contribution in [1.82, 2.24) is 0 Å². The van der Waals surface area contributed by atoms with E-state index in [4.69, 9.17) is 23.9 Å². The third-order valence-electron chi connectivity index (χ3n) is 5.42. The first-order valence-corrected chi connectivity index (χ1v) is 8.50. The molecule has 1 aliphatic carbocycles. The second kappa shape index (κ2) is 5.41. The Morgan fingerprint density at radius 2 is 1.72 bits per heavy atom. The van der Waals surface area contributed by atoms with Crippen LogP contribution in [0.25, 0.3) is 0 Å². The van der Waals surface area contributed by atoms with Gasteiger partial charge in [-0.05, 0) is 59.4 Å². The second-order valence-corrected chi connectivity index (χ2v) is 6.61. The van der Waals surface area contributed by atoms with Gasteiger partial charge in [-0.15, -0.1) is 0 Å². The molecule has 5 heteroatoms. The highest BCUT2D eigenvalue weighted by Crippen LogP contribution is 2.50. The number of hydrogen-bond acceptors (Lipinski definition) is 5. The van der Waals surface area contributed by atoms with Crippen molar-refractivity contribution >= 4 is 6.21 Å². The van der Waals surface area contributed by atoms with E-state index in [1.54, 1.807) is 14.2 Å². The van der Waals surface area contributed by atoms with E-state index in [-0.39, 0.29) is 6.04 Å². The molecule has 0 saturated carbocycles. The summed E-state index contributed by atoms with van der Waals surface area (Å²) in [5.41, 5.74) is 4.95. The van der Waals surface area contributed by atoms with Crippen molar-refractivity contribution in [2.24, 2.45) is 4.99 Å². The fourth-order valence-electron chi connectivity index (χ4n) is 4.19. The van der Waals surface area contributed by atoms with Crippen molar-refractivity contribution in [3.63, 3.8) is 0 Å². The summed E-state index contributed by atoms with van der Waals surface area (Å²) >= 11 is 0. The molecule has 0 radical (unpaired) electrons. The van der Waals surface area contributed by atoms with Crippen molar-refractivity contribution < 1.29 is 18.9 Å². The molecule has 2 aromatic carbocycles. The molecule has 0 N–H and O–H groups in total. The minimum Gasteiger partial charge on any atom is -0.493 e. The highest BCUT2D eigenvalue weighted by atomic mass is 16.7. The van der Waals surface area contributed by atoms with Gasteiger partial charge in [0.15, 0.2) is 23.0 Å². The van der Waals surface area contributed by atoms with Gasteiger partial charge in [-0.1, -0.05) is 0 Å². The van der Waals surface area contributed by atoms with Crippen LogP contribution in [0, 0.1) is 0 Å². The fraction of sp³-hybridized carbons (Fsp3) is 0.350. The first kappa shape index (κ1) is 14.6.